The highest BCUT2D eigenvalue weighted by molar-refractivity contribution is 6.11. The molecule has 0 bridgehead atoms. The zero-order valence-corrected chi connectivity index (χ0v) is 25.8. The van der Waals surface area contributed by atoms with Gasteiger partial charge >= 0.3 is 0 Å². The number of benzene rings is 7. The van der Waals surface area contributed by atoms with Crippen LogP contribution in [0.4, 0.5) is 0 Å². The molecule has 0 atom stereocenters. The number of fused-ring (bicyclic) bond motifs is 6. The first kappa shape index (κ1) is 27.4. The van der Waals surface area contributed by atoms with Gasteiger partial charge in [-0.2, -0.15) is 10.5 Å². The molecule has 2 aromatic heterocycles. The second-order valence-electron chi connectivity index (χ2n) is 11.9. The molecule has 4 heteroatoms. The van der Waals surface area contributed by atoms with E-state index < -0.39 is 0 Å². The molecular weight excluding hydrogens is 585 g/mol. The predicted octanol–water partition coefficient (Wildman–Crippen LogP) is 11.0. The van der Waals surface area contributed by atoms with E-state index in [9.17, 15) is 10.5 Å². The van der Waals surface area contributed by atoms with Gasteiger partial charge in [-0.05, 0) is 59.7 Å². The van der Waals surface area contributed by atoms with Crippen LogP contribution in [0.15, 0.2) is 158 Å². The number of hydrogen-bond acceptors (Lipinski definition) is 2. The highest BCUT2D eigenvalue weighted by Gasteiger charge is 2.21. The molecule has 2 heterocycles. The van der Waals surface area contributed by atoms with E-state index in [1.807, 2.05) is 42.5 Å². The zero-order valence-electron chi connectivity index (χ0n) is 25.8. The van der Waals surface area contributed by atoms with Crippen molar-refractivity contribution in [1.29, 1.82) is 10.5 Å². The number of nitrogens with zero attached hydrogens (tertiary/aromatic N) is 4. The van der Waals surface area contributed by atoms with E-state index in [2.05, 4.69) is 137 Å². The van der Waals surface area contributed by atoms with E-state index >= 15 is 0 Å². The molecule has 0 saturated carbocycles. The van der Waals surface area contributed by atoms with Crippen LogP contribution in [0.5, 0.6) is 0 Å². The smallest absolute Gasteiger partial charge is 0.101 e. The van der Waals surface area contributed by atoms with Crippen LogP contribution in [-0.2, 0) is 0 Å². The van der Waals surface area contributed by atoms with Gasteiger partial charge in [-0.15, -0.1) is 0 Å². The highest BCUT2D eigenvalue weighted by Crippen LogP contribution is 2.42. The second-order valence-corrected chi connectivity index (χ2v) is 11.9. The molecule has 0 amide bonds. The van der Waals surface area contributed by atoms with Crippen LogP contribution < -0.4 is 0 Å². The van der Waals surface area contributed by atoms with Gasteiger partial charge < -0.3 is 9.13 Å². The molecule has 0 spiro atoms. The third-order valence-corrected chi connectivity index (χ3v) is 9.43. The average molecular weight is 611 g/mol. The summed E-state index contributed by atoms with van der Waals surface area (Å²) in [5, 5.41) is 25.5. The Kier molecular flexibility index (Phi) is 6.22. The van der Waals surface area contributed by atoms with Crippen molar-refractivity contribution in [3.05, 3.63) is 169 Å². The molecule has 4 nitrogen and oxygen atoms in total. The fraction of sp³-hybridized carbons (Fsp3) is 0. The second kappa shape index (κ2) is 10.9. The van der Waals surface area contributed by atoms with Crippen molar-refractivity contribution in [3.8, 4) is 45.8 Å². The summed E-state index contributed by atoms with van der Waals surface area (Å²) >= 11 is 0. The van der Waals surface area contributed by atoms with E-state index in [0.29, 0.717) is 11.1 Å². The Morgan fingerprint density at radius 1 is 0.375 bits per heavy atom. The Bertz CT molecular complexity index is 2710. The van der Waals surface area contributed by atoms with Crippen LogP contribution >= 0.6 is 0 Å². The maximum absolute atomic E-state index is 10.5. The summed E-state index contributed by atoms with van der Waals surface area (Å²) in [4.78, 5) is 0. The Morgan fingerprint density at radius 3 is 1.38 bits per heavy atom. The summed E-state index contributed by atoms with van der Waals surface area (Å²) in [6, 6.07) is 58.8. The van der Waals surface area contributed by atoms with Gasteiger partial charge in [-0.25, -0.2) is 0 Å². The zero-order chi connectivity index (χ0) is 32.2. The van der Waals surface area contributed by atoms with E-state index in [0.717, 1.165) is 66.5 Å². The minimum atomic E-state index is 0.578. The first-order chi connectivity index (χ1) is 23.8. The summed E-state index contributed by atoms with van der Waals surface area (Å²) < 4.78 is 4.49. The molecular formula is C44H26N4. The van der Waals surface area contributed by atoms with Gasteiger partial charge in [0, 0.05) is 32.7 Å². The summed E-state index contributed by atoms with van der Waals surface area (Å²) in [5.41, 5.74) is 10.9. The quantitative estimate of drug-likeness (QED) is 0.199. The van der Waals surface area contributed by atoms with Gasteiger partial charge in [0.2, 0.25) is 0 Å². The standard InChI is InChI=1S/C44H26N4/c45-27-30-25-24-29(26-43(30)48-40-21-8-3-15-35(40)36-16-4-9-22-41(36)48)32-18-11-12-31(28-46)44(32)37-17-5-10-23-42(37)47-38-19-6-1-13-33(38)34-14-2-7-20-39(34)47/h1-26H. The van der Waals surface area contributed by atoms with Gasteiger partial charge in [0.05, 0.1) is 50.6 Å². The average Bonchev–Trinajstić information content (AvgIpc) is 3.67. The maximum atomic E-state index is 10.5. The lowest BCUT2D eigenvalue weighted by Crippen LogP contribution is -2.01. The molecule has 0 aliphatic heterocycles. The summed E-state index contributed by atoms with van der Waals surface area (Å²) in [6.45, 7) is 0. The number of hydrogen-bond donors (Lipinski definition) is 0. The Morgan fingerprint density at radius 2 is 0.833 bits per heavy atom. The molecule has 0 N–H and O–H groups in total. The minimum Gasteiger partial charge on any atom is -0.309 e. The fourth-order valence-corrected chi connectivity index (χ4v) is 7.40. The van der Waals surface area contributed by atoms with Crippen molar-refractivity contribution in [2.24, 2.45) is 0 Å². The van der Waals surface area contributed by atoms with Gasteiger partial charge in [0.25, 0.3) is 0 Å². The monoisotopic (exact) mass is 610 g/mol. The largest absolute Gasteiger partial charge is 0.309 e. The third-order valence-electron chi connectivity index (χ3n) is 9.43. The maximum Gasteiger partial charge on any atom is 0.101 e. The van der Waals surface area contributed by atoms with Crippen molar-refractivity contribution in [3.63, 3.8) is 0 Å². The first-order valence-corrected chi connectivity index (χ1v) is 15.9. The van der Waals surface area contributed by atoms with Crippen LogP contribution in [0.3, 0.4) is 0 Å². The molecule has 0 aliphatic rings. The van der Waals surface area contributed by atoms with Crippen LogP contribution in [0.2, 0.25) is 0 Å². The lowest BCUT2D eigenvalue weighted by molar-refractivity contribution is 1.17. The van der Waals surface area contributed by atoms with Gasteiger partial charge in [-0.1, -0.05) is 109 Å². The van der Waals surface area contributed by atoms with Crippen molar-refractivity contribution < 1.29 is 0 Å². The predicted molar refractivity (Wildman–Crippen MR) is 195 cm³/mol. The molecule has 0 radical (unpaired) electrons. The van der Waals surface area contributed by atoms with Gasteiger partial charge in [0.1, 0.15) is 6.07 Å². The Hall–Kier alpha value is -6.88. The van der Waals surface area contributed by atoms with Crippen molar-refractivity contribution in [1.82, 2.24) is 9.13 Å². The van der Waals surface area contributed by atoms with Crippen LogP contribution in [-0.4, -0.2) is 9.13 Å². The van der Waals surface area contributed by atoms with Crippen molar-refractivity contribution in [2.45, 2.75) is 0 Å². The van der Waals surface area contributed by atoms with Crippen LogP contribution in [0, 0.1) is 22.7 Å². The molecule has 0 aliphatic carbocycles. The van der Waals surface area contributed by atoms with E-state index in [-0.39, 0.29) is 0 Å². The molecule has 7 aromatic carbocycles. The summed E-state index contributed by atoms with van der Waals surface area (Å²) in [6.07, 6.45) is 0. The summed E-state index contributed by atoms with van der Waals surface area (Å²) in [7, 11) is 0. The topological polar surface area (TPSA) is 57.4 Å². The SMILES string of the molecule is N#Cc1ccc(-c2cccc(C#N)c2-c2ccccc2-n2c3ccccc3c3ccccc32)cc1-n1c2ccccc2c2ccccc21. The lowest BCUT2D eigenvalue weighted by Gasteiger charge is -2.19. The van der Waals surface area contributed by atoms with Crippen molar-refractivity contribution >= 4 is 43.6 Å². The molecule has 0 fully saturated rings. The van der Waals surface area contributed by atoms with E-state index in [1.165, 1.54) is 10.8 Å². The Balaban J connectivity index is 1.33. The van der Waals surface area contributed by atoms with Crippen molar-refractivity contribution in [2.75, 3.05) is 0 Å². The number of aromatic nitrogens is 2. The minimum absolute atomic E-state index is 0.578. The summed E-state index contributed by atoms with van der Waals surface area (Å²) in [5.74, 6) is 0. The number of para-hydroxylation sites is 5. The number of nitriles is 2. The van der Waals surface area contributed by atoms with Gasteiger partial charge in [-0.3, -0.25) is 0 Å². The third kappa shape index (κ3) is 4.01. The molecule has 9 rings (SSSR count). The lowest BCUT2D eigenvalue weighted by atomic mass is 9.89. The van der Waals surface area contributed by atoms with Crippen LogP contribution in [0.25, 0.3) is 77.2 Å². The fourth-order valence-electron chi connectivity index (χ4n) is 7.40. The Labute approximate surface area is 277 Å². The van der Waals surface area contributed by atoms with Gasteiger partial charge in [0.15, 0.2) is 0 Å². The molecule has 48 heavy (non-hydrogen) atoms. The number of rotatable bonds is 4. The van der Waals surface area contributed by atoms with E-state index in [1.54, 1.807) is 0 Å². The molecule has 0 saturated heterocycles. The molecule has 9 aromatic rings. The molecule has 222 valence electrons. The normalized spacial score (nSPS) is 11.3. The highest BCUT2D eigenvalue weighted by atomic mass is 15.0. The first-order valence-electron chi connectivity index (χ1n) is 15.9. The molecule has 0 unspecified atom stereocenters. The van der Waals surface area contributed by atoms with Crippen LogP contribution in [0.1, 0.15) is 11.1 Å². The van der Waals surface area contributed by atoms with E-state index in [4.69, 9.17) is 0 Å².